The van der Waals surface area contributed by atoms with Crippen molar-refractivity contribution in [2.45, 2.75) is 41.4 Å². The molecule has 0 amide bonds. The number of hydrogen-bond acceptors (Lipinski definition) is 6. The summed E-state index contributed by atoms with van der Waals surface area (Å²) in [5.74, 6) is -0.583. The van der Waals surface area contributed by atoms with Gasteiger partial charge in [0, 0.05) is 6.04 Å². The van der Waals surface area contributed by atoms with Gasteiger partial charge in [0.2, 0.25) is 10.0 Å². The minimum absolute atomic E-state index is 0.0336. The van der Waals surface area contributed by atoms with Gasteiger partial charge < -0.3 is 0 Å². The summed E-state index contributed by atoms with van der Waals surface area (Å²) in [7, 11) is -11.1. The molecule has 0 aromatic heterocycles. The summed E-state index contributed by atoms with van der Waals surface area (Å²) < 4.78 is 74.7. The molecule has 0 bridgehead atoms. The highest BCUT2D eigenvalue weighted by Gasteiger charge is 2.38. The minimum Gasteiger partial charge on any atom is -0.229 e. The third-order valence-electron chi connectivity index (χ3n) is 3.46. The normalized spacial score (nSPS) is 21.6. The van der Waals surface area contributed by atoms with Crippen LogP contribution in [0.3, 0.4) is 0 Å². The molecular weight excluding hydrogens is 362 g/mol. The predicted molar refractivity (Wildman–Crippen MR) is 86.1 cm³/mol. The van der Waals surface area contributed by atoms with E-state index in [9.17, 15) is 25.3 Å². The Kier molecular flexibility index (Phi) is 4.91. The van der Waals surface area contributed by atoms with Gasteiger partial charge in [-0.3, -0.25) is 0 Å². The molecule has 1 fully saturated rings. The maximum absolute atomic E-state index is 12.5. The molecule has 7 nitrogen and oxygen atoms in total. The van der Waals surface area contributed by atoms with Gasteiger partial charge >= 0.3 is 0 Å². The molecule has 1 aliphatic heterocycles. The lowest BCUT2D eigenvalue weighted by molar-refractivity contribution is 0.569. The summed E-state index contributed by atoms with van der Waals surface area (Å²) in [5.41, 5.74) is 0. The van der Waals surface area contributed by atoms with Crippen molar-refractivity contribution in [3.05, 3.63) is 24.3 Å². The maximum Gasteiger partial charge on any atom is 0.240 e. The second-order valence-electron chi connectivity index (χ2n) is 5.82. The van der Waals surface area contributed by atoms with Crippen LogP contribution in [0.4, 0.5) is 0 Å². The van der Waals surface area contributed by atoms with Gasteiger partial charge in [0.25, 0.3) is 0 Å². The van der Waals surface area contributed by atoms with Gasteiger partial charge in [-0.25, -0.2) is 30.0 Å². The van der Waals surface area contributed by atoms with Crippen molar-refractivity contribution in [3.63, 3.8) is 0 Å². The van der Waals surface area contributed by atoms with E-state index in [1.165, 1.54) is 18.2 Å². The van der Waals surface area contributed by atoms with Crippen LogP contribution in [0.1, 0.15) is 20.3 Å². The molecule has 1 saturated heterocycles. The summed E-state index contributed by atoms with van der Waals surface area (Å²) in [4.78, 5) is -0.334. The smallest absolute Gasteiger partial charge is 0.229 e. The molecule has 1 aromatic carbocycles. The summed E-state index contributed by atoms with van der Waals surface area (Å²) in [6.45, 7) is 3.31. The second-order valence-corrected chi connectivity index (χ2v) is 12.0. The zero-order valence-electron chi connectivity index (χ0n) is 12.8. The van der Waals surface area contributed by atoms with Crippen LogP contribution in [0.2, 0.25) is 0 Å². The zero-order chi connectivity index (χ0) is 17.5. The molecule has 10 heteroatoms. The van der Waals surface area contributed by atoms with Crippen molar-refractivity contribution in [3.8, 4) is 0 Å². The van der Waals surface area contributed by atoms with Gasteiger partial charge in [-0.15, -0.1) is 0 Å². The van der Waals surface area contributed by atoms with Gasteiger partial charge in [0.05, 0.1) is 26.5 Å². The molecule has 1 N–H and O–H groups in total. The highest BCUT2D eigenvalue weighted by Crippen LogP contribution is 2.26. The van der Waals surface area contributed by atoms with Crippen LogP contribution in [0, 0.1) is 0 Å². The van der Waals surface area contributed by atoms with E-state index in [0.717, 1.165) is 6.07 Å². The van der Waals surface area contributed by atoms with E-state index < -0.39 is 40.7 Å². The molecule has 1 atom stereocenters. The summed E-state index contributed by atoms with van der Waals surface area (Å²) in [5, 5.41) is -1.02. The standard InChI is InChI=1S/C13H19NO6S3/c1-10(2)14-23(19,20)12-5-3-4-11(8-12)22(17,18)13-6-7-21(15,16)9-13/h3-5,8,10,13-14H,6-7,9H2,1-2H3/t13-/m1/s1. The average Bonchev–Trinajstić information content (AvgIpc) is 2.78. The largest absolute Gasteiger partial charge is 0.240 e. The van der Waals surface area contributed by atoms with Crippen LogP contribution >= 0.6 is 0 Å². The highest BCUT2D eigenvalue weighted by atomic mass is 32.2. The summed E-state index contributed by atoms with van der Waals surface area (Å²) >= 11 is 0. The van der Waals surface area contributed by atoms with E-state index in [0.29, 0.717) is 0 Å². The molecule has 0 aliphatic carbocycles. The van der Waals surface area contributed by atoms with Crippen LogP contribution in [0.15, 0.2) is 34.1 Å². The Balaban J connectivity index is 2.40. The van der Waals surface area contributed by atoms with Gasteiger partial charge in [0.1, 0.15) is 0 Å². The molecule has 1 heterocycles. The van der Waals surface area contributed by atoms with Crippen LogP contribution in [0.5, 0.6) is 0 Å². The molecule has 0 spiro atoms. The predicted octanol–water partition coefficient (Wildman–Crippen LogP) is 0.334. The molecule has 0 unspecified atom stereocenters. The molecule has 23 heavy (non-hydrogen) atoms. The van der Waals surface area contributed by atoms with Crippen LogP contribution < -0.4 is 4.72 Å². The summed E-state index contributed by atoms with van der Waals surface area (Å²) in [6, 6.07) is 4.67. The number of benzene rings is 1. The Morgan fingerprint density at radius 3 is 2.26 bits per heavy atom. The Hall–Kier alpha value is -0.970. The van der Waals surface area contributed by atoms with Crippen molar-refractivity contribution in [1.82, 2.24) is 4.72 Å². The third kappa shape index (κ3) is 4.11. The Bertz CT molecular complexity index is 901. The first-order chi connectivity index (χ1) is 10.4. The molecular formula is C13H19NO6S3. The van der Waals surface area contributed by atoms with E-state index in [2.05, 4.69) is 4.72 Å². The first-order valence-electron chi connectivity index (χ1n) is 7.01. The van der Waals surface area contributed by atoms with Gasteiger partial charge in [-0.2, -0.15) is 0 Å². The van der Waals surface area contributed by atoms with Crippen molar-refractivity contribution < 1.29 is 25.3 Å². The SMILES string of the molecule is CC(C)NS(=O)(=O)c1cccc(S(=O)(=O)[C@@H]2CCS(=O)(=O)C2)c1. The molecule has 130 valence electrons. The molecule has 1 aliphatic rings. The minimum atomic E-state index is -3.89. The number of sulfonamides is 1. The van der Waals surface area contributed by atoms with Crippen molar-refractivity contribution in [2.24, 2.45) is 0 Å². The van der Waals surface area contributed by atoms with E-state index >= 15 is 0 Å². The van der Waals surface area contributed by atoms with E-state index in [4.69, 9.17) is 0 Å². The number of sulfone groups is 2. The Morgan fingerprint density at radius 1 is 1.13 bits per heavy atom. The first kappa shape index (κ1) is 18.4. The molecule has 2 rings (SSSR count). The second kappa shape index (κ2) is 6.15. The number of nitrogens with one attached hydrogen (secondary N) is 1. The fraction of sp³-hybridized carbons (Fsp3) is 0.538. The van der Waals surface area contributed by atoms with Crippen molar-refractivity contribution in [2.75, 3.05) is 11.5 Å². The quantitative estimate of drug-likeness (QED) is 0.786. The topological polar surface area (TPSA) is 114 Å². The lowest BCUT2D eigenvalue weighted by Gasteiger charge is -2.13. The van der Waals surface area contributed by atoms with Crippen LogP contribution in [-0.4, -0.2) is 48.1 Å². The lowest BCUT2D eigenvalue weighted by atomic mass is 10.4. The van der Waals surface area contributed by atoms with Crippen LogP contribution in [-0.2, 0) is 29.7 Å². The molecule has 1 aromatic rings. The number of hydrogen-bond donors (Lipinski definition) is 1. The van der Waals surface area contributed by atoms with Crippen molar-refractivity contribution >= 4 is 29.7 Å². The lowest BCUT2D eigenvalue weighted by Crippen LogP contribution is -2.30. The first-order valence-corrected chi connectivity index (χ1v) is 11.9. The van der Waals surface area contributed by atoms with Crippen LogP contribution in [0.25, 0.3) is 0 Å². The van der Waals surface area contributed by atoms with Crippen molar-refractivity contribution in [1.29, 1.82) is 0 Å². The summed E-state index contributed by atoms with van der Waals surface area (Å²) in [6.07, 6.45) is 0.0336. The Labute approximate surface area is 137 Å². The fourth-order valence-corrected chi connectivity index (χ4v) is 8.17. The molecule has 0 saturated carbocycles. The third-order valence-corrected chi connectivity index (χ3v) is 9.29. The number of rotatable bonds is 5. The monoisotopic (exact) mass is 381 g/mol. The van der Waals surface area contributed by atoms with Gasteiger partial charge in [0.15, 0.2) is 19.7 Å². The Morgan fingerprint density at radius 2 is 1.74 bits per heavy atom. The van der Waals surface area contributed by atoms with E-state index in [-0.39, 0.29) is 28.0 Å². The van der Waals surface area contributed by atoms with E-state index in [1.807, 2.05) is 0 Å². The maximum atomic E-state index is 12.5. The molecule has 0 radical (unpaired) electrons. The van der Waals surface area contributed by atoms with Gasteiger partial charge in [-0.1, -0.05) is 6.07 Å². The highest BCUT2D eigenvalue weighted by molar-refractivity contribution is 7.96. The average molecular weight is 381 g/mol. The fourth-order valence-electron chi connectivity index (χ4n) is 2.39. The zero-order valence-corrected chi connectivity index (χ0v) is 15.2. The van der Waals surface area contributed by atoms with E-state index in [1.54, 1.807) is 13.8 Å². The van der Waals surface area contributed by atoms with Gasteiger partial charge in [-0.05, 0) is 38.5 Å².